The molecule has 6 nitrogen and oxygen atoms in total. The number of thioether (sulfide) groups is 1. The molecule has 0 fully saturated rings. The molecule has 0 saturated heterocycles. The number of carbonyl (C=O) groups excluding carboxylic acids is 1. The smallest absolute Gasteiger partial charge is 0.234 e. The Labute approximate surface area is 198 Å². The summed E-state index contributed by atoms with van der Waals surface area (Å²) >= 11 is 1.37. The van der Waals surface area contributed by atoms with Crippen LogP contribution in [0.25, 0.3) is 5.69 Å². The molecule has 0 unspecified atom stereocenters. The fourth-order valence-corrected chi connectivity index (χ4v) is 4.43. The molecular weight excluding hydrogens is 430 g/mol. The van der Waals surface area contributed by atoms with Crippen LogP contribution >= 0.6 is 11.8 Å². The number of hydrogen-bond acceptors (Lipinski definition) is 5. The average Bonchev–Trinajstić information content (AvgIpc) is 3.21. The molecule has 7 heteroatoms. The number of anilines is 2. The minimum atomic E-state index is -0.0802. The van der Waals surface area contributed by atoms with E-state index >= 15 is 0 Å². The Kier molecular flexibility index (Phi) is 7.10. The highest BCUT2D eigenvalue weighted by Gasteiger charge is 2.16. The van der Waals surface area contributed by atoms with E-state index in [4.69, 9.17) is 0 Å². The van der Waals surface area contributed by atoms with Gasteiger partial charge in [-0.25, -0.2) is 0 Å². The molecule has 168 valence electrons. The summed E-state index contributed by atoms with van der Waals surface area (Å²) in [6, 6.07) is 24.0. The van der Waals surface area contributed by atoms with E-state index in [1.165, 1.54) is 22.9 Å². The van der Waals surface area contributed by atoms with Gasteiger partial charge in [0.15, 0.2) is 11.0 Å². The lowest BCUT2D eigenvalue weighted by Gasteiger charge is -2.14. The van der Waals surface area contributed by atoms with Crippen LogP contribution in [-0.2, 0) is 11.3 Å². The maximum absolute atomic E-state index is 12.5. The lowest BCUT2D eigenvalue weighted by molar-refractivity contribution is -0.113. The van der Waals surface area contributed by atoms with Gasteiger partial charge in [0.05, 0.1) is 12.3 Å². The van der Waals surface area contributed by atoms with Crippen LogP contribution < -0.4 is 10.6 Å². The number of para-hydroxylation sites is 2. The highest BCUT2D eigenvalue weighted by Crippen LogP contribution is 2.25. The molecule has 2 N–H and O–H groups in total. The molecule has 0 saturated carbocycles. The van der Waals surface area contributed by atoms with Crippen molar-refractivity contribution in [1.82, 2.24) is 14.8 Å². The Balaban J connectivity index is 1.52. The van der Waals surface area contributed by atoms with Gasteiger partial charge < -0.3 is 10.6 Å². The highest BCUT2D eigenvalue weighted by atomic mass is 32.2. The number of benzene rings is 3. The lowest BCUT2D eigenvalue weighted by atomic mass is 10.1. The van der Waals surface area contributed by atoms with E-state index in [0.717, 1.165) is 28.5 Å². The van der Waals surface area contributed by atoms with Crippen molar-refractivity contribution in [1.29, 1.82) is 0 Å². The second kappa shape index (κ2) is 10.4. The molecular formula is C26H27N5OS. The average molecular weight is 458 g/mol. The lowest BCUT2D eigenvalue weighted by Crippen LogP contribution is -2.15. The molecule has 0 radical (unpaired) electrons. The summed E-state index contributed by atoms with van der Waals surface area (Å²) in [6.07, 6.45) is 0. The van der Waals surface area contributed by atoms with Crippen molar-refractivity contribution in [3.8, 4) is 5.69 Å². The number of aromatic nitrogens is 3. The highest BCUT2D eigenvalue weighted by molar-refractivity contribution is 7.99. The molecule has 1 amide bonds. The summed E-state index contributed by atoms with van der Waals surface area (Å²) in [5, 5.41) is 16.0. The summed E-state index contributed by atoms with van der Waals surface area (Å²) in [5.41, 5.74) is 6.33. The van der Waals surface area contributed by atoms with E-state index in [1.54, 1.807) is 0 Å². The molecule has 1 heterocycles. The third-order valence-corrected chi connectivity index (χ3v) is 6.18. The summed E-state index contributed by atoms with van der Waals surface area (Å²) in [5.74, 6) is 0.942. The quantitative estimate of drug-likeness (QED) is 0.340. The van der Waals surface area contributed by atoms with Gasteiger partial charge in [0.2, 0.25) is 5.91 Å². The predicted molar refractivity (Wildman–Crippen MR) is 135 cm³/mol. The second-order valence-electron chi connectivity index (χ2n) is 7.90. The van der Waals surface area contributed by atoms with Crippen molar-refractivity contribution in [2.45, 2.75) is 32.5 Å². The molecule has 0 aliphatic rings. The number of carbonyl (C=O) groups is 1. The van der Waals surface area contributed by atoms with Crippen LogP contribution in [0.4, 0.5) is 11.4 Å². The van der Waals surface area contributed by atoms with Gasteiger partial charge in [-0.2, -0.15) is 0 Å². The number of nitrogens with one attached hydrogen (secondary N) is 2. The number of rotatable bonds is 8. The van der Waals surface area contributed by atoms with Gasteiger partial charge in [0, 0.05) is 17.1 Å². The third kappa shape index (κ3) is 5.62. The van der Waals surface area contributed by atoms with E-state index in [-0.39, 0.29) is 11.7 Å². The van der Waals surface area contributed by atoms with Crippen molar-refractivity contribution < 1.29 is 4.79 Å². The summed E-state index contributed by atoms with van der Waals surface area (Å²) in [4.78, 5) is 12.5. The van der Waals surface area contributed by atoms with Crippen molar-refractivity contribution >= 4 is 29.0 Å². The van der Waals surface area contributed by atoms with Gasteiger partial charge in [0.25, 0.3) is 0 Å². The molecule has 33 heavy (non-hydrogen) atoms. The van der Waals surface area contributed by atoms with Gasteiger partial charge in [0.1, 0.15) is 0 Å². The van der Waals surface area contributed by atoms with Crippen molar-refractivity contribution in [3.05, 3.63) is 95.3 Å². The van der Waals surface area contributed by atoms with Crippen LogP contribution in [-0.4, -0.2) is 26.4 Å². The number of amides is 1. The molecule has 0 atom stereocenters. The standard InChI is InChI=1S/C26H27N5OS/c1-18-9-7-12-21(15-18)28-24(32)17-33-26-30-29-23(31(26)22-13-5-4-6-14-22)16-27-25-19(2)10-8-11-20(25)3/h4-15,27H,16-17H2,1-3H3,(H,28,32). The van der Waals surface area contributed by atoms with Gasteiger partial charge in [-0.05, 0) is 61.7 Å². The summed E-state index contributed by atoms with van der Waals surface area (Å²) in [6.45, 7) is 6.70. The zero-order chi connectivity index (χ0) is 23.2. The molecule has 4 aromatic rings. The topological polar surface area (TPSA) is 71.8 Å². The van der Waals surface area contributed by atoms with Crippen molar-refractivity contribution in [2.75, 3.05) is 16.4 Å². The molecule has 4 rings (SSSR count). The Morgan fingerprint density at radius 3 is 2.36 bits per heavy atom. The molecule has 0 aliphatic carbocycles. The number of hydrogen-bond donors (Lipinski definition) is 2. The molecule has 0 spiro atoms. The van der Waals surface area contributed by atoms with Gasteiger partial charge in [-0.1, -0.05) is 60.3 Å². The van der Waals surface area contributed by atoms with Crippen LogP contribution in [0.5, 0.6) is 0 Å². The van der Waals surface area contributed by atoms with E-state index in [2.05, 4.69) is 52.9 Å². The molecule has 1 aromatic heterocycles. The zero-order valence-electron chi connectivity index (χ0n) is 19.0. The first-order chi connectivity index (χ1) is 16.0. The monoisotopic (exact) mass is 457 g/mol. The van der Waals surface area contributed by atoms with Gasteiger partial charge >= 0.3 is 0 Å². The third-order valence-electron chi connectivity index (χ3n) is 5.25. The SMILES string of the molecule is Cc1cccc(NC(=O)CSc2nnc(CNc3c(C)cccc3C)n2-c2ccccc2)c1. The van der Waals surface area contributed by atoms with E-state index in [0.29, 0.717) is 11.7 Å². The minimum absolute atomic E-state index is 0.0802. The maximum Gasteiger partial charge on any atom is 0.234 e. The van der Waals surface area contributed by atoms with E-state index < -0.39 is 0 Å². The van der Waals surface area contributed by atoms with Crippen molar-refractivity contribution in [3.63, 3.8) is 0 Å². The van der Waals surface area contributed by atoms with Gasteiger partial charge in [-0.3, -0.25) is 9.36 Å². The van der Waals surface area contributed by atoms with Crippen LogP contribution in [0.2, 0.25) is 0 Å². The minimum Gasteiger partial charge on any atom is -0.377 e. The zero-order valence-corrected chi connectivity index (χ0v) is 19.8. The van der Waals surface area contributed by atoms with Crippen LogP contribution in [0.3, 0.4) is 0 Å². The number of nitrogens with zero attached hydrogens (tertiary/aromatic N) is 3. The maximum atomic E-state index is 12.5. The molecule has 3 aromatic carbocycles. The second-order valence-corrected chi connectivity index (χ2v) is 8.84. The summed E-state index contributed by atoms with van der Waals surface area (Å²) < 4.78 is 2.01. The first-order valence-corrected chi connectivity index (χ1v) is 11.8. The molecule has 0 bridgehead atoms. The largest absolute Gasteiger partial charge is 0.377 e. The Morgan fingerprint density at radius 2 is 1.64 bits per heavy atom. The fourth-order valence-electron chi connectivity index (χ4n) is 3.66. The van der Waals surface area contributed by atoms with Crippen LogP contribution in [0, 0.1) is 20.8 Å². The van der Waals surface area contributed by atoms with Crippen molar-refractivity contribution in [2.24, 2.45) is 0 Å². The van der Waals surface area contributed by atoms with Crippen LogP contribution in [0.1, 0.15) is 22.5 Å². The van der Waals surface area contributed by atoms with Crippen LogP contribution in [0.15, 0.2) is 78.0 Å². The normalized spacial score (nSPS) is 10.8. The Hall–Kier alpha value is -3.58. The Bertz CT molecular complexity index is 1230. The number of aryl methyl sites for hydroxylation is 3. The first kappa shape index (κ1) is 22.6. The van der Waals surface area contributed by atoms with Gasteiger partial charge in [-0.15, -0.1) is 10.2 Å². The Morgan fingerprint density at radius 1 is 0.909 bits per heavy atom. The first-order valence-electron chi connectivity index (χ1n) is 10.8. The predicted octanol–water partition coefficient (Wildman–Crippen LogP) is 5.54. The van der Waals surface area contributed by atoms with E-state index in [1.807, 2.05) is 66.1 Å². The fraction of sp³-hybridized carbons (Fsp3) is 0.192. The molecule has 0 aliphatic heterocycles. The van der Waals surface area contributed by atoms with E-state index in [9.17, 15) is 4.79 Å². The summed E-state index contributed by atoms with van der Waals surface area (Å²) in [7, 11) is 0.